The number of hydrogen-bond acceptors (Lipinski definition) is 4. The predicted octanol–water partition coefficient (Wildman–Crippen LogP) is 1.55. The molecule has 7 nitrogen and oxygen atoms in total. The number of nitriles is 1. The number of aliphatic carboxylic acids is 1. The molecule has 0 bridgehead atoms. The SMILES string of the molecule is COc1cc(C#N)ccc1NC(=O)NCCCC(=O)O. The number of ether oxygens (including phenoxy) is 1. The van der Waals surface area contributed by atoms with E-state index >= 15 is 0 Å². The summed E-state index contributed by atoms with van der Waals surface area (Å²) in [5.41, 5.74) is 0.858. The molecule has 106 valence electrons. The second kappa shape index (κ2) is 7.63. The first-order valence-corrected chi connectivity index (χ1v) is 5.91. The Morgan fingerprint density at radius 2 is 2.20 bits per heavy atom. The summed E-state index contributed by atoms with van der Waals surface area (Å²) in [5.74, 6) is -0.522. The molecule has 0 saturated heterocycles. The lowest BCUT2D eigenvalue weighted by molar-refractivity contribution is -0.137. The maximum Gasteiger partial charge on any atom is 0.319 e. The van der Waals surface area contributed by atoms with Crippen LogP contribution in [0.15, 0.2) is 18.2 Å². The average Bonchev–Trinajstić information content (AvgIpc) is 2.43. The Morgan fingerprint density at radius 1 is 1.45 bits per heavy atom. The monoisotopic (exact) mass is 277 g/mol. The minimum absolute atomic E-state index is 0.000464. The van der Waals surface area contributed by atoms with Crippen LogP contribution in [0.2, 0.25) is 0 Å². The zero-order chi connectivity index (χ0) is 15.0. The number of benzene rings is 1. The summed E-state index contributed by atoms with van der Waals surface area (Å²) in [6.45, 7) is 0.261. The molecule has 1 aromatic carbocycles. The van der Waals surface area contributed by atoms with Crippen molar-refractivity contribution < 1.29 is 19.4 Å². The van der Waals surface area contributed by atoms with E-state index in [4.69, 9.17) is 15.1 Å². The van der Waals surface area contributed by atoms with Gasteiger partial charge in [-0.2, -0.15) is 5.26 Å². The summed E-state index contributed by atoms with van der Waals surface area (Å²) in [5, 5.41) is 22.3. The molecular weight excluding hydrogens is 262 g/mol. The molecule has 0 aliphatic carbocycles. The van der Waals surface area contributed by atoms with Gasteiger partial charge in [0.25, 0.3) is 0 Å². The minimum atomic E-state index is -0.902. The third-order valence-electron chi connectivity index (χ3n) is 2.43. The summed E-state index contributed by atoms with van der Waals surface area (Å²) >= 11 is 0. The Hall–Kier alpha value is -2.75. The lowest BCUT2D eigenvalue weighted by Crippen LogP contribution is -2.29. The highest BCUT2D eigenvalue weighted by Gasteiger charge is 2.08. The normalized spacial score (nSPS) is 9.40. The summed E-state index contributed by atoms with van der Waals surface area (Å²) < 4.78 is 5.07. The lowest BCUT2D eigenvalue weighted by Gasteiger charge is -2.11. The van der Waals surface area contributed by atoms with Gasteiger partial charge in [-0.05, 0) is 18.6 Å². The van der Waals surface area contributed by atoms with E-state index in [9.17, 15) is 9.59 Å². The molecular formula is C13H15N3O4. The van der Waals surface area contributed by atoms with Crippen LogP contribution in [0.4, 0.5) is 10.5 Å². The molecule has 0 aliphatic heterocycles. The van der Waals surface area contributed by atoms with Crippen molar-refractivity contribution in [1.82, 2.24) is 5.32 Å². The van der Waals surface area contributed by atoms with Gasteiger partial charge in [0.05, 0.1) is 24.4 Å². The van der Waals surface area contributed by atoms with Gasteiger partial charge in [0.1, 0.15) is 5.75 Å². The van der Waals surface area contributed by atoms with E-state index in [0.29, 0.717) is 23.4 Å². The molecule has 1 rings (SSSR count). The van der Waals surface area contributed by atoms with Gasteiger partial charge in [0, 0.05) is 19.0 Å². The van der Waals surface area contributed by atoms with Gasteiger partial charge in [-0.15, -0.1) is 0 Å². The molecule has 0 saturated carbocycles. The van der Waals surface area contributed by atoms with E-state index in [1.807, 2.05) is 6.07 Å². The second-order valence-corrected chi connectivity index (χ2v) is 3.91. The van der Waals surface area contributed by atoms with Gasteiger partial charge in [-0.3, -0.25) is 4.79 Å². The minimum Gasteiger partial charge on any atom is -0.495 e. The van der Waals surface area contributed by atoms with E-state index in [1.165, 1.54) is 13.2 Å². The van der Waals surface area contributed by atoms with Gasteiger partial charge in [-0.1, -0.05) is 0 Å². The molecule has 1 aromatic rings. The molecule has 0 aromatic heterocycles. The molecule has 0 radical (unpaired) electrons. The standard InChI is InChI=1S/C13H15N3O4/c1-20-11-7-9(8-14)4-5-10(11)16-13(19)15-6-2-3-12(17)18/h4-5,7H,2-3,6H2,1H3,(H,17,18)(H2,15,16,19). The number of methoxy groups -OCH3 is 1. The van der Waals surface area contributed by atoms with Gasteiger partial charge < -0.3 is 20.5 Å². The van der Waals surface area contributed by atoms with Gasteiger partial charge in [0.2, 0.25) is 0 Å². The van der Waals surface area contributed by atoms with Gasteiger partial charge in [-0.25, -0.2) is 4.79 Å². The number of carboxylic acids is 1. The molecule has 2 amide bonds. The van der Waals surface area contributed by atoms with Gasteiger partial charge in [0.15, 0.2) is 0 Å². The maximum atomic E-state index is 11.6. The largest absolute Gasteiger partial charge is 0.495 e. The van der Waals surface area contributed by atoms with Crippen LogP contribution in [0.25, 0.3) is 0 Å². The number of carboxylic acid groups (broad SMARTS) is 1. The number of urea groups is 1. The molecule has 7 heteroatoms. The zero-order valence-corrected chi connectivity index (χ0v) is 11.0. The summed E-state index contributed by atoms with van der Waals surface area (Å²) in [7, 11) is 1.44. The van der Waals surface area contributed by atoms with Crippen molar-refractivity contribution in [2.24, 2.45) is 0 Å². The van der Waals surface area contributed by atoms with E-state index in [0.717, 1.165) is 0 Å². The third kappa shape index (κ3) is 4.86. The molecule has 0 atom stereocenters. The van der Waals surface area contributed by atoms with Crippen LogP contribution in [-0.2, 0) is 4.79 Å². The maximum absolute atomic E-state index is 11.6. The van der Waals surface area contributed by atoms with E-state index in [-0.39, 0.29) is 13.0 Å². The number of nitrogens with zero attached hydrogens (tertiary/aromatic N) is 1. The van der Waals surface area contributed by atoms with Crippen molar-refractivity contribution in [2.75, 3.05) is 19.0 Å². The number of rotatable bonds is 6. The fraction of sp³-hybridized carbons (Fsp3) is 0.308. The quantitative estimate of drug-likeness (QED) is 0.683. The first-order chi connectivity index (χ1) is 9.56. The second-order valence-electron chi connectivity index (χ2n) is 3.91. The van der Waals surface area contributed by atoms with Crippen LogP contribution in [-0.4, -0.2) is 30.8 Å². The first-order valence-electron chi connectivity index (χ1n) is 5.91. The van der Waals surface area contributed by atoms with Crippen molar-refractivity contribution in [3.8, 4) is 11.8 Å². The predicted molar refractivity (Wildman–Crippen MR) is 71.6 cm³/mol. The average molecular weight is 277 g/mol. The number of carbonyl (C=O) groups excluding carboxylic acids is 1. The van der Waals surface area contributed by atoms with Crippen molar-refractivity contribution in [1.29, 1.82) is 5.26 Å². The molecule has 0 heterocycles. The zero-order valence-electron chi connectivity index (χ0n) is 11.0. The highest BCUT2D eigenvalue weighted by atomic mass is 16.5. The Labute approximate surface area is 116 Å². The van der Waals surface area contributed by atoms with Crippen molar-refractivity contribution >= 4 is 17.7 Å². The van der Waals surface area contributed by atoms with Crippen LogP contribution in [0.3, 0.4) is 0 Å². The van der Waals surface area contributed by atoms with E-state index in [2.05, 4.69) is 10.6 Å². The van der Waals surface area contributed by atoms with Gasteiger partial charge >= 0.3 is 12.0 Å². The molecule has 0 aliphatic rings. The highest BCUT2D eigenvalue weighted by molar-refractivity contribution is 5.91. The Balaban J connectivity index is 2.53. The molecule has 0 fully saturated rings. The Morgan fingerprint density at radius 3 is 2.80 bits per heavy atom. The smallest absolute Gasteiger partial charge is 0.319 e. The van der Waals surface area contributed by atoms with Crippen molar-refractivity contribution in [3.63, 3.8) is 0 Å². The van der Waals surface area contributed by atoms with Crippen LogP contribution in [0.1, 0.15) is 18.4 Å². The summed E-state index contributed by atoms with van der Waals surface area (Å²) in [6, 6.07) is 6.15. The Bertz CT molecular complexity index is 537. The Kier molecular flexibility index (Phi) is 5.84. The number of carbonyl (C=O) groups is 2. The number of hydrogen-bond donors (Lipinski definition) is 3. The van der Waals surface area contributed by atoms with Crippen molar-refractivity contribution in [3.05, 3.63) is 23.8 Å². The fourth-order valence-corrected chi connectivity index (χ4v) is 1.47. The number of nitrogens with one attached hydrogen (secondary N) is 2. The summed E-state index contributed by atoms with van der Waals surface area (Å²) in [4.78, 5) is 21.9. The van der Waals surface area contributed by atoms with E-state index in [1.54, 1.807) is 12.1 Å². The van der Waals surface area contributed by atoms with Crippen LogP contribution < -0.4 is 15.4 Å². The number of amides is 2. The highest BCUT2D eigenvalue weighted by Crippen LogP contribution is 2.25. The van der Waals surface area contributed by atoms with Crippen LogP contribution in [0, 0.1) is 11.3 Å². The van der Waals surface area contributed by atoms with E-state index < -0.39 is 12.0 Å². The molecule has 20 heavy (non-hydrogen) atoms. The molecule has 0 unspecified atom stereocenters. The topological polar surface area (TPSA) is 111 Å². The van der Waals surface area contributed by atoms with Crippen LogP contribution >= 0.6 is 0 Å². The van der Waals surface area contributed by atoms with Crippen LogP contribution in [0.5, 0.6) is 5.75 Å². The third-order valence-corrected chi connectivity index (χ3v) is 2.43. The van der Waals surface area contributed by atoms with Crippen molar-refractivity contribution in [2.45, 2.75) is 12.8 Å². The fourth-order valence-electron chi connectivity index (χ4n) is 1.47. The molecule has 0 spiro atoms. The first kappa shape index (κ1) is 15.3. The number of anilines is 1. The summed E-state index contributed by atoms with van der Waals surface area (Å²) in [6.07, 6.45) is 0.355. The lowest BCUT2D eigenvalue weighted by atomic mass is 10.2. The molecule has 3 N–H and O–H groups in total.